The molecule has 0 spiro atoms. The lowest BCUT2D eigenvalue weighted by atomic mass is 9.95. The Morgan fingerprint density at radius 2 is 1.86 bits per heavy atom. The van der Waals surface area contributed by atoms with Gasteiger partial charge in [0.1, 0.15) is 5.82 Å². The van der Waals surface area contributed by atoms with Gasteiger partial charge in [-0.1, -0.05) is 48.5 Å². The molecular formula is C23H22FNO4. The second-order valence-corrected chi connectivity index (χ2v) is 6.67. The number of hydrogen-bond donors (Lipinski definition) is 1. The largest absolute Gasteiger partial charge is 0.503 e. The molecule has 2 aromatic rings. The van der Waals surface area contributed by atoms with Gasteiger partial charge in [-0.2, -0.15) is 0 Å². The molecule has 2 aromatic carbocycles. The quantitative estimate of drug-likeness (QED) is 0.545. The molecule has 1 aliphatic rings. The first-order chi connectivity index (χ1) is 14.0. The fourth-order valence-corrected chi connectivity index (χ4v) is 3.33. The molecule has 0 unspecified atom stereocenters. The Kier molecular flexibility index (Phi) is 6.57. The number of allylic oxidation sites excluding steroid dienone is 1. The van der Waals surface area contributed by atoms with Crippen LogP contribution >= 0.6 is 0 Å². The van der Waals surface area contributed by atoms with Crippen LogP contribution in [0.3, 0.4) is 0 Å². The van der Waals surface area contributed by atoms with Crippen LogP contribution in [0.1, 0.15) is 23.6 Å². The molecule has 1 heterocycles. The Bertz CT molecular complexity index is 935. The van der Waals surface area contributed by atoms with Gasteiger partial charge >= 0.3 is 0 Å². The molecule has 6 heteroatoms. The molecule has 150 valence electrons. The predicted molar refractivity (Wildman–Crippen MR) is 107 cm³/mol. The van der Waals surface area contributed by atoms with Gasteiger partial charge in [0.25, 0.3) is 5.91 Å². The van der Waals surface area contributed by atoms with E-state index in [2.05, 4.69) is 0 Å². The molecule has 5 nitrogen and oxygen atoms in total. The number of nitrogens with zero attached hydrogens (tertiary/aromatic N) is 1. The van der Waals surface area contributed by atoms with E-state index in [4.69, 9.17) is 4.74 Å². The van der Waals surface area contributed by atoms with Crippen LogP contribution in [-0.4, -0.2) is 42.0 Å². The van der Waals surface area contributed by atoms with E-state index >= 15 is 0 Å². The molecule has 0 saturated heterocycles. The van der Waals surface area contributed by atoms with E-state index in [1.54, 1.807) is 13.2 Å². The summed E-state index contributed by atoms with van der Waals surface area (Å²) in [6, 6.07) is 14.0. The minimum absolute atomic E-state index is 0.00814. The molecule has 3 rings (SSSR count). The Hall–Kier alpha value is -3.25. The van der Waals surface area contributed by atoms with Crippen LogP contribution in [-0.2, 0) is 14.3 Å². The third-order valence-corrected chi connectivity index (χ3v) is 4.73. The fraction of sp³-hybridized carbons (Fsp3) is 0.217. The molecule has 0 bridgehead atoms. The average molecular weight is 395 g/mol. The number of benzene rings is 2. The molecule has 0 fully saturated rings. The first-order valence-corrected chi connectivity index (χ1v) is 9.29. The van der Waals surface area contributed by atoms with Crippen LogP contribution in [0.4, 0.5) is 4.39 Å². The van der Waals surface area contributed by atoms with E-state index in [0.29, 0.717) is 18.6 Å². The van der Waals surface area contributed by atoms with Gasteiger partial charge < -0.3 is 14.7 Å². The zero-order valence-corrected chi connectivity index (χ0v) is 16.0. The number of ketones is 1. The number of amides is 1. The van der Waals surface area contributed by atoms with Gasteiger partial charge in [0.15, 0.2) is 11.5 Å². The van der Waals surface area contributed by atoms with Crippen LogP contribution in [0.15, 0.2) is 72.0 Å². The highest BCUT2D eigenvalue weighted by Crippen LogP contribution is 2.38. The van der Waals surface area contributed by atoms with E-state index < -0.39 is 29.3 Å². The number of halogens is 1. The van der Waals surface area contributed by atoms with Gasteiger partial charge in [0.05, 0.1) is 11.6 Å². The zero-order chi connectivity index (χ0) is 20.8. The standard InChI is InChI=1S/C23H22FNO4/c1-29-15-5-14-25-21(17-9-11-18(24)12-10-17)20(22(27)23(25)28)19(26)13-8-16-6-3-2-4-7-16/h2-4,6-13,21,27H,5,14-15H2,1H3/b13-8+/t21-/m0/s1. The number of aliphatic hydroxyl groups is 1. The zero-order valence-electron chi connectivity index (χ0n) is 16.0. The summed E-state index contributed by atoms with van der Waals surface area (Å²) >= 11 is 0. The lowest BCUT2D eigenvalue weighted by Gasteiger charge is -2.26. The highest BCUT2D eigenvalue weighted by atomic mass is 19.1. The number of methoxy groups -OCH3 is 1. The number of ether oxygens (including phenoxy) is 1. The van der Waals surface area contributed by atoms with Gasteiger partial charge in [-0.15, -0.1) is 0 Å². The van der Waals surface area contributed by atoms with E-state index in [1.165, 1.54) is 35.2 Å². The van der Waals surface area contributed by atoms with E-state index in [0.717, 1.165) is 5.56 Å². The van der Waals surface area contributed by atoms with Gasteiger partial charge in [-0.3, -0.25) is 9.59 Å². The maximum absolute atomic E-state index is 13.4. The first-order valence-electron chi connectivity index (χ1n) is 9.29. The summed E-state index contributed by atoms with van der Waals surface area (Å²) in [5.41, 5.74) is 1.37. The summed E-state index contributed by atoms with van der Waals surface area (Å²) in [4.78, 5) is 27.0. The molecule has 29 heavy (non-hydrogen) atoms. The minimum atomic E-state index is -0.784. The van der Waals surface area contributed by atoms with Crippen molar-refractivity contribution in [3.8, 4) is 0 Å². The van der Waals surface area contributed by atoms with Crippen LogP contribution in [0.5, 0.6) is 0 Å². The summed E-state index contributed by atoms with van der Waals surface area (Å²) < 4.78 is 18.4. The summed E-state index contributed by atoms with van der Waals surface area (Å²) in [5.74, 6) is -2.08. The van der Waals surface area contributed by atoms with Crippen molar-refractivity contribution < 1.29 is 23.8 Å². The lowest BCUT2D eigenvalue weighted by Crippen LogP contribution is -2.32. The number of hydrogen-bond acceptors (Lipinski definition) is 4. The Labute approximate surface area is 168 Å². The predicted octanol–water partition coefficient (Wildman–Crippen LogP) is 3.84. The van der Waals surface area contributed by atoms with Gasteiger partial charge in [0, 0.05) is 20.3 Å². The van der Waals surface area contributed by atoms with Crippen molar-refractivity contribution in [2.75, 3.05) is 20.3 Å². The first kappa shape index (κ1) is 20.5. The molecule has 0 aromatic heterocycles. The molecular weight excluding hydrogens is 373 g/mol. The fourth-order valence-electron chi connectivity index (χ4n) is 3.33. The van der Waals surface area contributed by atoms with Gasteiger partial charge in [0.2, 0.25) is 0 Å². The summed E-state index contributed by atoms with van der Waals surface area (Å²) in [7, 11) is 1.56. The highest BCUT2D eigenvalue weighted by Gasteiger charge is 2.42. The van der Waals surface area contributed by atoms with Gasteiger partial charge in [-0.25, -0.2) is 4.39 Å². The third-order valence-electron chi connectivity index (χ3n) is 4.73. The van der Waals surface area contributed by atoms with E-state index in [-0.39, 0.29) is 12.1 Å². The van der Waals surface area contributed by atoms with Crippen molar-refractivity contribution in [1.82, 2.24) is 4.90 Å². The van der Waals surface area contributed by atoms with Crippen LogP contribution in [0.25, 0.3) is 6.08 Å². The number of aliphatic hydroxyl groups excluding tert-OH is 1. The lowest BCUT2D eigenvalue weighted by molar-refractivity contribution is -0.129. The van der Waals surface area contributed by atoms with Crippen LogP contribution in [0, 0.1) is 5.82 Å². The minimum Gasteiger partial charge on any atom is -0.503 e. The third kappa shape index (κ3) is 4.60. The molecule has 1 aliphatic heterocycles. The van der Waals surface area contributed by atoms with Crippen molar-refractivity contribution >= 4 is 17.8 Å². The SMILES string of the molecule is COCCCN1C(=O)C(O)=C(C(=O)/C=C/c2ccccc2)[C@@H]1c1ccc(F)cc1. The molecule has 1 atom stereocenters. The van der Waals surface area contributed by atoms with E-state index in [1.807, 2.05) is 30.3 Å². The van der Waals surface area contributed by atoms with Crippen molar-refractivity contribution in [3.05, 3.63) is 88.9 Å². The number of rotatable bonds is 8. The second kappa shape index (κ2) is 9.30. The van der Waals surface area contributed by atoms with Crippen molar-refractivity contribution in [2.45, 2.75) is 12.5 Å². The maximum atomic E-state index is 13.4. The normalized spacial score (nSPS) is 16.8. The van der Waals surface area contributed by atoms with Crippen LogP contribution in [0.2, 0.25) is 0 Å². The number of carbonyl (C=O) groups excluding carboxylic acids is 2. The maximum Gasteiger partial charge on any atom is 0.290 e. The smallest absolute Gasteiger partial charge is 0.290 e. The van der Waals surface area contributed by atoms with Crippen molar-refractivity contribution in [1.29, 1.82) is 0 Å². The molecule has 0 radical (unpaired) electrons. The van der Waals surface area contributed by atoms with Crippen molar-refractivity contribution in [2.24, 2.45) is 0 Å². The monoisotopic (exact) mass is 395 g/mol. The Morgan fingerprint density at radius 1 is 1.17 bits per heavy atom. The Morgan fingerprint density at radius 3 is 2.52 bits per heavy atom. The molecule has 1 amide bonds. The molecule has 0 saturated carbocycles. The van der Waals surface area contributed by atoms with Crippen LogP contribution < -0.4 is 0 Å². The Balaban J connectivity index is 1.94. The summed E-state index contributed by atoms with van der Waals surface area (Å²) in [5, 5.41) is 10.5. The molecule has 0 aliphatic carbocycles. The average Bonchev–Trinajstić information content (AvgIpc) is 2.98. The van der Waals surface area contributed by atoms with Gasteiger partial charge in [-0.05, 0) is 35.8 Å². The topological polar surface area (TPSA) is 66.8 Å². The second-order valence-electron chi connectivity index (χ2n) is 6.67. The summed E-state index contributed by atoms with van der Waals surface area (Å²) in [6.07, 6.45) is 3.50. The summed E-state index contributed by atoms with van der Waals surface area (Å²) in [6.45, 7) is 0.718. The molecule has 1 N–H and O–H groups in total. The van der Waals surface area contributed by atoms with E-state index in [9.17, 15) is 19.1 Å². The number of carbonyl (C=O) groups is 2. The van der Waals surface area contributed by atoms with Crippen molar-refractivity contribution in [3.63, 3.8) is 0 Å². The highest BCUT2D eigenvalue weighted by molar-refractivity contribution is 6.14.